The molecule has 0 fully saturated rings. The lowest BCUT2D eigenvalue weighted by molar-refractivity contribution is -0.102. The molecule has 5 unspecified atom stereocenters. The van der Waals surface area contributed by atoms with Crippen LogP contribution in [-0.2, 0) is 20.8 Å². The van der Waals surface area contributed by atoms with Crippen LogP contribution in [0.1, 0.15) is 18.4 Å². The average Bonchev–Trinajstić information content (AvgIpc) is 3.18. The maximum Gasteiger partial charge on any atom is 0.103 e. The van der Waals surface area contributed by atoms with Crippen molar-refractivity contribution < 1.29 is 14.2 Å². The van der Waals surface area contributed by atoms with Gasteiger partial charge >= 0.3 is 0 Å². The van der Waals surface area contributed by atoms with Crippen molar-refractivity contribution >= 4 is 11.6 Å². The second-order valence-corrected chi connectivity index (χ2v) is 8.11. The van der Waals surface area contributed by atoms with Crippen molar-refractivity contribution in [3.05, 3.63) is 70.4 Å². The fourth-order valence-electron chi connectivity index (χ4n) is 4.50. The number of benzene rings is 1. The molecule has 2 aliphatic heterocycles. The van der Waals surface area contributed by atoms with Gasteiger partial charge in [-0.3, -0.25) is 5.32 Å². The van der Waals surface area contributed by atoms with Crippen LogP contribution in [0.3, 0.4) is 0 Å². The van der Waals surface area contributed by atoms with E-state index in [1.54, 1.807) is 14.2 Å². The lowest BCUT2D eigenvalue weighted by Crippen LogP contribution is -2.45. The smallest absolute Gasteiger partial charge is 0.103 e. The first-order valence-corrected chi connectivity index (χ1v) is 10.6. The number of fused-ring (bicyclic) bond motifs is 1. The van der Waals surface area contributed by atoms with Crippen molar-refractivity contribution in [2.75, 3.05) is 20.8 Å². The number of methoxy groups -OCH3 is 2. The summed E-state index contributed by atoms with van der Waals surface area (Å²) in [5.74, 6) is 0.0728. The topological polar surface area (TPSA) is 51.8 Å². The van der Waals surface area contributed by atoms with E-state index in [-0.39, 0.29) is 30.4 Å². The van der Waals surface area contributed by atoms with Gasteiger partial charge in [0.15, 0.2) is 0 Å². The minimum absolute atomic E-state index is 0.0347. The van der Waals surface area contributed by atoms with Crippen molar-refractivity contribution in [2.24, 2.45) is 5.92 Å². The van der Waals surface area contributed by atoms with Gasteiger partial charge in [0.25, 0.3) is 0 Å². The van der Waals surface area contributed by atoms with E-state index in [1.165, 1.54) is 11.1 Å². The molecule has 1 aliphatic carbocycles. The Kier molecular flexibility index (Phi) is 6.73. The van der Waals surface area contributed by atoms with Crippen LogP contribution in [0.25, 0.3) is 0 Å². The van der Waals surface area contributed by atoms with Crippen LogP contribution in [-0.4, -0.2) is 45.2 Å². The monoisotopic (exact) mass is 416 g/mol. The Labute approximate surface area is 177 Å². The van der Waals surface area contributed by atoms with Gasteiger partial charge in [-0.2, -0.15) is 0 Å². The van der Waals surface area contributed by atoms with Crippen LogP contribution in [0.15, 0.2) is 59.8 Å². The van der Waals surface area contributed by atoms with E-state index in [0.29, 0.717) is 6.61 Å². The fourth-order valence-corrected chi connectivity index (χ4v) is 4.63. The van der Waals surface area contributed by atoms with E-state index >= 15 is 0 Å². The van der Waals surface area contributed by atoms with Gasteiger partial charge in [0.05, 0.1) is 24.9 Å². The summed E-state index contributed by atoms with van der Waals surface area (Å²) in [5, 5.41) is 7.66. The highest BCUT2D eigenvalue weighted by atomic mass is 35.5. The molecule has 1 aromatic carbocycles. The van der Waals surface area contributed by atoms with E-state index < -0.39 is 0 Å². The summed E-state index contributed by atoms with van der Waals surface area (Å²) in [7, 11) is 3.53. The molecule has 1 aromatic rings. The lowest BCUT2D eigenvalue weighted by atomic mass is 9.81. The molecule has 5 nitrogen and oxygen atoms in total. The number of rotatable bonds is 7. The van der Waals surface area contributed by atoms with Gasteiger partial charge < -0.3 is 19.5 Å². The molecule has 0 radical (unpaired) electrons. The number of ether oxygens (including phenoxy) is 3. The molecule has 0 saturated carbocycles. The predicted octanol–water partition coefficient (Wildman–Crippen LogP) is 3.56. The summed E-state index contributed by atoms with van der Waals surface area (Å²) in [6.07, 6.45) is 10.6. The van der Waals surface area contributed by atoms with Gasteiger partial charge in [0.1, 0.15) is 6.17 Å². The summed E-state index contributed by atoms with van der Waals surface area (Å²) in [6.45, 7) is 1.52. The molecule has 2 N–H and O–H groups in total. The van der Waals surface area contributed by atoms with Gasteiger partial charge in [0.2, 0.25) is 0 Å². The Morgan fingerprint density at radius 2 is 2.03 bits per heavy atom. The Bertz CT molecular complexity index is 790. The summed E-state index contributed by atoms with van der Waals surface area (Å²) >= 11 is 5.98. The molecular weight excluding hydrogens is 388 g/mol. The van der Waals surface area contributed by atoms with Crippen molar-refractivity contribution in [3.8, 4) is 0 Å². The number of hydrogen-bond donors (Lipinski definition) is 2. The third-order valence-corrected chi connectivity index (χ3v) is 6.19. The largest absolute Gasteiger partial charge is 0.378 e. The first kappa shape index (κ1) is 20.6. The molecular formula is C23H29ClN2O3. The van der Waals surface area contributed by atoms with Crippen molar-refractivity contribution in [2.45, 2.75) is 43.9 Å². The number of hydrogen-bond acceptors (Lipinski definition) is 5. The molecule has 156 valence electrons. The Hall–Kier alpha value is -1.63. The standard InChI is InChI=1S/C23H29ClN2O3/c1-27-21(19-13-26-23-17(19)6-4-12-25-23)18-5-3-7-20(22(18)28-2)29-14-15-8-10-16(24)11-9-15/h3,5-6,8-11,13,18,20-23,25-26H,4,7,12,14H2,1-2H3. The first-order chi connectivity index (χ1) is 14.2. The first-order valence-electron chi connectivity index (χ1n) is 10.2. The highest BCUT2D eigenvalue weighted by Gasteiger charge is 2.41. The van der Waals surface area contributed by atoms with Gasteiger partial charge in [-0.25, -0.2) is 0 Å². The predicted molar refractivity (Wildman–Crippen MR) is 115 cm³/mol. The van der Waals surface area contributed by atoms with E-state index in [0.717, 1.165) is 30.0 Å². The average molecular weight is 417 g/mol. The minimum atomic E-state index is -0.0956. The molecule has 4 rings (SSSR count). The molecule has 2 heterocycles. The Balaban J connectivity index is 1.48. The van der Waals surface area contributed by atoms with Gasteiger partial charge in [0, 0.05) is 43.5 Å². The maximum absolute atomic E-state index is 6.27. The quantitative estimate of drug-likeness (QED) is 0.665. The second kappa shape index (κ2) is 9.45. The summed E-state index contributed by atoms with van der Waals surface area (Å²) in [5.41, 5.74) is 3.58. The summed E-state index contributed by atoms with van der Waals surface area (Å²) < 4.78 is 18.2. The molecule has 0 bridgehead atoms. The molecule has 0 saturated heterocycles. The van der Waals surface area contributed by atoms with Crippen LogP contribution in [0.2, 0.25) is 5.02 Å². The molecule has 0 aromatic heterocycles. The molecule has 3 aliphatic rings. The van der Waals surface area contributed by atoms with Crippen molar-refractivity contribution in [3.63, 3.8) is 0 Å². The van der Waals surface area contributed by atoms with E-state index in [4.69, 9.17) is 25.8 Å². The van der Waals surface area contributed by atoms with Crippen molar-refractivity contribution in [1.82, 2.24) is 10.6 Å². The number of halogens is 1. The third kappa shape index (κ3) is 4.44. The molecule has 0 amide bonds. The fraction of sp³-hybridized carbons (Fsp3) is 0.478. The van der Waals surface area contributed by atoms with Crippen LogP contribution in [0.4, 0.5) is 0 Å². The Morgan fingerprint density at radius 3 is 2.79 bits per heavy atom. The molecule has 29 heavy (non-hydrogen) atoms. The van der Waals surface area contributed by atoms with Crippen molar-refractivity contribution in [1.29, 1.82) is 0 Å². The zero-order valence-electron chi connectivity index (χ0n) is 16.9. The zero-order valence-corrected chi connectivity index (χ0v) is 17.7. The summed E-state index contributed by atoms with van der Waals surface area (Å²) in [6, 6.07) is 7.77. The highest BCUT2D eigenvalue weighted by molar-refractivity contribution is 6.30. The maximum atomic E-state index is 6.27. The number of nitrogens with one attached hydrogen (secondary N) is 2. The molecule has 6 heteroatoms. The van der Waals surface area contributed by atoms with Crippen LogP contribution in [0, 0.1) is 5.92 Å². The zero-order chi connectivity index (χ0) is 20.2. The van der Waals surface area contributed by atoms with Crippen LogP contribution < -0.4 is 10.6 Å². The minimum Gasteiger partial charge on any atom is -0.378 e. The molecule has 0 spiro atoms. The van der Waals surface area contributed by atoms with E-state index in [9.17, 15) is 0 Å². The summed E-state index contributed by atoms with van der Waals surface area (Å²) in [4.78, 5) is 0. The van der Waals surface area contributed by atoms with E-state index in [2.05, 4.69) is 35.1 Å². The normalized spacial score (nSPS) is 29.6. The van der Waals surface area contributed by atoms with Gasteiger partial charge in [-0.05, 0) is 36.1 Å². The second-order valence-electron chi connectivity index (χ2n) is 7.68. The Morgan fingerprint density at radius 1 is 1.21 bits per heavy atom. The van der Waals surface area contributed by atoms with Crippen LogP contribution in [0.5, 0.6) is 0 Å². The van der Waals surface area contributed by atoms with Gasteiger partial charge in [-0.15, -0.1) is 0 Å². The third-order valence-electron chi connectivity index (χ3n) is 5.94. The SMILES string of the molecule is COC(C1=CNC2NCCC=C12)C1C=CCC(OCc2ccc(Cl)cc2)C1OC. The van der Waals surface area contributed by atoms with E-state index in [1.807, 2.05) is 24.3 Å². The molecule has 5 atom stereocenters. The highest BCUT2D eigenvalue weighted by Crippen LogP contribution is 2.36. The lowest BCUT2D eigenvalue weighted by Gasteiger charge is -2.38. The van der Waals surface area contributed by atoms with Gasteiger partial charge in [-0.1, -0.05) is 42.0 Å². The van der Waals surface area contributed by atoms with Crippen LogP contribution >= 0.6 is 11.6 Å².